The summed E-state index contributed by atoms with van der Waals surface area (Å²) in [5, 5.41) is 14.2. The number of carbonyl (C=O) groups excluding carboxylic acids is 2. The molecule has 10 heteroatoms. The van der Waals surface area contributed by atoms with Gasteiger partial charge in [-0.1, -0.05) is 30.8 Å². The lowest BCUT2D eigenvalue weighted by Gasteiger charge is -2.30. The fourth-order valence-corrected chi connectivity index (χ4v) is 3.85. The average Bonchev–Trinajstić information content (AvgIpc) is 3.26. The van der Waals surface area contributed by atoms with Crippen LogP contribution in [0.3, 0.4) is 0 Å². The van der Waals surface area contributed by atoms with E-state index in [1.54, 1.807) is 4.68 Å². The topological polar surface area (TPSA) is 128 Å². The summed E-state index contributed by atoms with van der Waals surface area (Å²) in [6.07, 6.45) is 7.73. The first kappa shape index (κ1) is 21.9. The molecule has 3 rings (SSSR count). The first-order chi connectivity index (χ1) is 14.2. The number of anilines is 1. The molecule has 0 bridgehead atoms. The van der Waals surface area contributed by atoms with Gasteiger partial charge in [-0.2, -0.15) is 15.1 Å². The Hall–Kier alpha value is -2.78. The lowest BCUT2D eigenvalue weighted by molar-refractivity contribution is -0.121. The molecular formula is C20H31N7O3. The van der Waals surface area contributed by atoms with Gasteiger partial charge in [-0.25, -0.2) is 4.68 Å². The Kier molecular flexibility index (Phi) is 6.52. The number of amides is 2. The van der Waals surface area contributed by atoms with E-state index in [1.165, 1.54) is 13.3 Å². The number of hydrogen-bond acceptors (Lipinski definition) is 7. The zero-order valence-electron chi connectivity index (χ0n) is 18.2. The maximum absolute atomic E-state index is 12.4. The summed E-state index contributed by atoms with van der Waals surface area (Å²) < 4.78 is 7.07. The molecule has 164 valence electrons. The number of hydrogen-bond donors (Lipinski definition) is 2. The van der Waals surface area contributed by atoms with Gasteiger partial charge in [0, 0.05) is 19.8 Å². The molecule has 1 aliphatic carbocycles. The minimum absolute atomic E-state index is 0.106. The Bertz CT molecular complexity index is 873. The second kappa shape index (κ2) is 8.93. The molecule has 0 aromatic carbocycles. The van der Waals surface area contributed by atoms with Gasteiger partial charge in [-0.3, -0.25) is 14.9 Å². The molecular weight excluding hydrogens is 386 g/mol. The first-order valence-electron chi connectivity index (χ1n) is 10.5. The fourth-order valence-electron chi connectivity index (χ4n) is 3.85. The average molecular weight is 418 g/mol. The molecule has 0 atom stereocenters. The third-order valence-corrected chi connectivity index (χ3v) is 5.27. The normalized spacial score (nSPS) is 16.7. The molecule has 0 spiro atoms. The van der Waals surface area contributed by atoms with Gasteiger partial charge in [0.2, 0.25) is 23.7 Å². The highest BCUT2D eigenvalue weighted by atomic mass is 16.5. The van der Waals surface area contributed by atoms with Crippen molar-refractivity contribution in [1.29, 1.82) is 0 Å². The highest BCUT2D eigenvalue weighted by Gasteiger charge is 2.38. The van der Waals surface area contributed by atoms with Gasteiger partial charge < -0.3 is 9.84 Å². The Balaban J connectivity index is 1.64. The number of aryl methyl sites for hydroxylation is 1. The van der Waals surface area contributed by atoms with E-state index in [4.69, 9.17) is 4.52 Å². The van der Waals surface area contributed by atoms with E-state index in [0.717, 1.165) is 38.5 Å². The van der Waals surface area contributed by atoms with Crippen molar-refractivity contribution in [2.24, 2.45) is 0 Å². The van der Waals surface area contributed by atoms with Crippen molar-refractivity contribution in [2.75, 3.05) is 5.32 Å². The first-order valence-corrected chi connectivity index (χ1v) is 10.5. The van der Waals surface area contributed by atoms with Crippen LogP contribution in [0.5, 0.6) is 0 Å². The van der Waals surface area contributed by atoms with Gasteiger partial charge in [0.05, 0.1) is 5.54 Å². The second-order valence-electron chi connectivity index (χ2n) is 8.90. The second-order valence-corrected chi connectivity index (χ2v) is 8.90. The highest BCUT2D eigenvalue weighted by molar-refractivity contribution is 5.89. The third kappa shape index (κ3) is 5.22. The summed E-state index contributed by atoms with van der Waals surface area (Å²) in [5.41, 5.74) is -0.882. The molecule has 2 aromatic heterocycles. The summed E-state index contributed by atoms with van der Waals surface area (Å²) in [6, 6.07) is 0. The predicted molar refractivity (Wildman–Crippen MR) is 109 cm³/mol. The van der Waals surface area contributed by atoms with Crippen LogP contribution in [0.1, 0.15) is 84.4 Å². The van der Waals surface area contributed by atoms with Crippen molar-refractivity contribution in [1.82, 2.24) is 30.2 Å². The SMILES string of the molecule is CC(=O)NC1(c2noc(CCC(=O)Nc3ncnn3C(C)(C)C)n2)CCCCCC1. The summed E-state index contributed by atoms with van der Waals surface area (Å²) in [6.45, 7) is 7.45. The molecule has 30 heavy (non-hydrogen) atoms. The van der Waals surface area contributed by atoms with Crippen molar-refractivity contribution < 1.29 is 14.1 Å². The van der Waals surface area contributed by atoms with Gasteiger partial charge in [0.15, 0.2) is 5.82 Å². The van der Waals surface area contributed by atoms with Gasteiger partial charge in [-0.05, 0) is 33.6 Å². The van der Waals surface area contributed by atoms with E-state index >= 15 is 0 Å². The van der Waals surface area contributed by atoms with E-state index in [0.29, 0.717) is 24.1 Å². The van der Waals surface area contributed by atoms with Crippen LogP contribution in [0.4, 0.5) is 5.95 Å². The van der Waals surface area contributed by atoms with Crippen LogP contribution >= 0.6 is 0 Å². The number of nitrogens with one attached hydrogen (secondary N) is 2. The van der Waals surface area contributed by atoms with Crippen LogP contribution in [-0.4, -0.2) is 36.7 Å². The highest BCUT2D eigenvalue weighted by Crippen LogP contribution is 2.34. The minimum Gasteiger partial charge on any atom is -0.343 e. The number of nitrogens with zero attached hydrogens (tertiary/aromatic N) is 5. The van der Waals surface area contributed by atoms with Crippen molar-refractivity contribution in [3.63, 3.8) is 0 Å². The number of carbonyl (C=O) groups is 2. The zero-order valence-corrected chi connectivity index (χ0v) is 18.2. The van der Waals surface area contributed by atoms with E-state index < -0.39 is 5.54 Å². The van der Waals surface area contributed by atoms with Crippen LogP contribution in [0, 0.1) is 0 Å². The van der Waals surface area contributed by atoms with Crippen LogP contribution in [0.25, 0.3) is 0 Å². The molecule has 2 heterocycles. The zero-order chi connectivity index (χ0) is 21.8. The van der Waals surface area contributed by atoms with Crippen molar-refractivity contribution in [3.05, 3.63) is 18.0 Å². The third-order valence-electron chi connectivity index (χ3n) is 5.27. The molecule has 0 saturated heterocycles. The fraction of sp³-hybridized carbons (Fsp3) is 0.700. The maximum atomic E-state index is 12.4. The summed E-state index contributed by atoms with van der Waals surface area (Å²) in [5.74, 6) is 0.973. The Morgan fingerprint density at radius 3 is 2.53 bits per heavy atom. The molecule has 0 aliphatic heterocycles. The van der Waals surface area contributed by atoms with Gasteiger partial charge >= 0.3 is 0 Å². The lowest BCUT2D eigenvalue weighted by Crippen LogP contribution is -2.45. The molecule has 0 unspecified atom stereocenters. The molecule has 1 aliphatic rings. The van der Waals surface area contributed by atoms with Crippen LogP contribution in [0.15, 0.2) is 10.9 Å². The van der Waals surface area contributed by atoms with E-state index in [9.17, 15) is 9.59 Å². The standard InChI is InChI=1S/C20H31N7O3/c1-14(28)25-20(11-7-5-6-8-12-20)17-24-16(30-26-17)10-9-15(29)23-18-21-13-22-27(18)19(2,3)4/h13H,5-12H2,1-4H3,(H,25,28)(H,21,22,23,29). The van der Waals surface area contributed by atoms with Gasteiger partial charge in [0.25, 0.3) is 0 Å². The Morgan fingerprint density at radius 2 is 1.90 bits per heavy atom. The van der Waals surface area contributed by atoms with Gasteiger partial charge in [0.1, 0.15) is 11.9 Å². The predicted octanol–water partition coefficient (Wildman–Crippen LogP) is 2.67. The smallest absolute Gasteiger partial charge is 0.228 e. The largest absolute Gasteiger partial charge is 0.343 e. The van der Waals surface area contributed by atoms with Crippen LogP contribution in [-0.2, 0) is 27.1 Å². The van der Waals surface area contributed by atoms with Crippen LogP contribution < -0.4 is 10.6 Å². The number of aromatic nitrogens is 5. The Morgan fingerprint density at radius 1 is 1.20 bits per heavy atom. The monoisotopic (exact) mass is 417 g/mol. The molecule has 2 N–H and O–H groups in total. The number of rotatable bonds is 6. The molecule has 1 fully saturated rings. The summed E-state index contributed by atoms with van der Waals surface area (Å²) >= 11 is 0. The summed E-state index contributed by atoms with van der Waals surface area (Å²) in [4.78, 5) is 32.8. The maximum Gasteiger partial charge on any atom is 0.228 e. The van der Waals surface area contributed by atoms with E-state index in [2.05, 4.69) is 30.9 Å². The quantitative estimate of drug-likeness (QED) is 0.692. The van der Waals surface area contributed by atoms with Crippen molar-refractivity contribution in [2.45, 2.75) is 90.1 Å². The molecule has 1 saturated carbocycles. The van der Waals surface area contributed by atoms with Crippen LogP contribution in [0.2, 0.25) is 0 Å². The summed E-state index contributed by atoms with van der Waals surface area (Å²) in [7, 11) is 0. The lowest BCUT2D eigenvalue weighted by atomic mass is 9.89. The Labute approximate surface area is 176 Å². The van der Waals surface area contributed by atoms with Crippen molar-refractivity contribution >= 4 is 17.8 Å². The molecule has 10 nitrogen and oxygen atoms in total. The molecule has 0 radical (unpaired) electrons. The van der Waals surface area contributed by atoms with Gasteiger partial charge in [-0.15, -0.1) is 0 Å². The minimum atomic E-state index is -0.588. The van der Waals surface area contributed by atoms with E-state index in [1.807, 2.05) is 20.8 Å². The molecule has 2 amide bonds. The molecule has 2 aromatic rings. The van der Waals surface area contributed by atoms with Crippen molar-refractivity contribution in [3.8, 4) is 0 Å². The van der Waals surface area contributed by atoms with E-state index in [-0.39, 0.29) is 23.8 Å².